The van der Waals surface area contributed by atoms with Crippen LogP contribution in [0.25, 0.3) is 6.08 Å². The maximum Gasteiger partial charge on any atom is 0.573 e. The number of carbonyl (C=O) groups is 1. The topological polar surface area (TPSA) is 38.8 Å². The van der Waals surface area contributed by atoms with Crippen LogP contribution in [0.5, 0.6) is 5.75 Å². The van der Waals surface area contributed by atoms with Gasteiger partial charge in [0.25, 0.3) is 0 Å². The van der Waals surface area contributed by atoms with Crippen molar-refractivity contribution in [3.63, 3.8) is 0 Å². The van der Waals surface area contributed by atoms with Crippen LogP contribution in [0.3, 0.4) is 0 Å². The molecular formula is C20H18F3NO3. The van der Waals surface area contributed by atoms with Gasteiger partial charge in [-0.15, -0.1) is 13.2 Å². The normalized spacial score (nSPS) is 15.1. The number of halogens is 3. The Kier molecular flexibility index (Phi) is 5.81. The molecule has 1 aliphatic rings. The number of hydrogen-bond donors (Lipinski definition) is 0. The van der Waals surface area contributed by atoms with Crippen molar-refractivity contribution in [1.29, 1.82) is 0 Å². The maximum atomic E-state index is 12.5. The first-order chi connectivity index (χ1) is 12.9. The summed E-state index contributed by atoms with van der Waals surface area (Å²) in [7, 11) is 0. The smallest absolute Gasteiger partial charge is 0.405 e. The third kappa shape index (κ3) is 5.34. The standard InChI is InChI=1S/C20H18F3NO3/c21-20(22,23)27-19-4-2-1-3-16(19)7-10-18(25)15-5-8-17(9-6-15)24-11-13-26-14-12-24/h1-10H,11-14H2/b10-7+. The molecule has 0 bridgehead atoms. The summed E-state index contributed by atoms with van der Waals surface area (Å²) in [6.07, 6.45) is -2.23. The Morgan fingerprint density at radius 1 is 1.04 bits per heavy atom. The van der Waals surface area contributed by atoms with Gasteiger partial charge in [0, 0.05) is 29.9 Å². The minimum absolute atomic E-state index is 0.174. The molecule has 7 heteroatoms. The summed E-state index contributed by atoms with van der Waals surface area (Å²) in [5.74, 6) is -0.651. The number of morpholine rings is 1. The molecule has 0 spiro atoms. The number of anilines is 1. The van der Waals surface area contributed by atoms with Crippen LogP contribution in [0.1, 0.15) is 15.9 Å². The average molecular weight is 377 g/mol. The fraction of sp³-hybridized carbons (Fsp3) is 0.250. The van der Waals surface area contributed by atoms with Crippen molar-refractivity contribution >= 4 is 17.5 Å². The van der Waals surface area contributed by atoms with E-state index in [-0.39, 0.29) is 17.1 Å². The third-order valence-electron chi connectivity index (χ3n) is 4.09. The van der Waals surface area contributed by atoms with Crippen molar-refractivity contribution in [2.24, 2.45) is 0 Å². The average Bonchev–Trinajstić information content (AvgIpc) is 2.67. The van der Waals surface area contributed by atoms with Crippen LogP contribution in [0.4, 0.5) is 18.9 Å². The van der Waals surface area contributed by atoms with Crippen molar-refractivity contribution < 1.29 is 27.4 Å². The number of rotatable bonds is 5. The molecule has 4 nitrogen and oxygen atoms in total. The second-order valence-corrected chi connectivity index (χ2v) is 5.93. The fourth-order valence-electron chi connectivity index (χ4n) is 2.76. The molecule has 1 fully saturated rings. The molecule has 3 rings (SSSR count). The molecule has 142 valence electrons. The molecule has 0 radical (unpaired) electrons. The summed E-state index contributed by atoms with van der Waals surface area (Å²) < 4.78 is 46.6. The zero-order valence-electron chi connectivity index (χ0n) is 14.4. The quantitative estimate of drug-likeness (QED) is 0.575. The molecule has 27 heavy (non-hydrogen) atoms. The van der Waals surface area contributed by atoms with Gasteiger partial charge in [-0.2, -0.15) is 0 Å². The van der Waals surface area contributed by atoms with E-state index < -0.39 is 6.36 Å². The molecular weight excluding hydrogens is 359 g/mol. The highest BCUT2D eigenvalue weighted by atomic mass is 19.4. The highest BCUT2D eigenvalue weighted by molar-refractivity contribution is 6.07. The van der Waals surface area contributed by atoms with E-state index >= 15 is 0 Å². The lowest BCUT2D eigenvalue weighted by Gasteiger charge is -2.28. The molecule has 1 aliphatic heterocycles. The van der Waals surface area contributed by atoms with Crippen molar-refractivity contribution in [1.82, 2.24) is 0 Å². The van der Waals surface area contributed by atoms with E-state index in [2.05, 4.69) is 9.64 Å². The molecule has 0 saturated carbocycles. The predicted molar refractivity (Wildman–Crippen MR) is 96.0 cm³/mol. The van der Waals surface area contributed by atoms with Gasteiger partial charge in [-0.25, -0.2) is 0 Å². The number of ketones is 1. The van der Waals surface area contributed by atoms with Gasteiger partial charge in [0.05, 0.1) is 13.2 Å². The number of allylic oxidation sites excluding steroid dienone is 1. The second kappa shape index (κ2) is 8.26. The van der Waals surface area contributed by atoms with E-state index in [1.165, 1.54) is 30.4 Å². The maximum absolute atomic E-state index is 12.5. The largest absolute Gasteiger partial charge is 0.573 e. The molecule has 0 aliphatic carbocycles. The SMILES string of the molecule is O=C(/C=C/c1ccccc1OC(F)(F)F)c1ccc(N2CCOCC2)cc1. The zero-order chi connectivity index (χ0) is 19.3. The van der Waals surface area contributed by atoms with Crippen molar-refractivity contribution in [3.8, 4) is 5.75 Å². The summed E-state index contributed by atoms with van der Waals surface area (Å²) in [6.45, 7) is 2.93. The lowest BCUT2D eigenvalue weighted by molar-refractivity contribution is -0.274. The van der Waals surface area contributed by atoms with Crippen molar-refractivity contribution in [2.75, 3.05) is 31.2 Å². The van der Waals surface area contributed by atoms with Crippen molar-refractivity contribution in [2.45, 2.75) is 6.36 Å². The first-order valence-electron chi connectivity index (χ1n) is 8.42. The summed E-state index contributed by atoms with van der Waals surface area (Å²) in [5.41, 5.74) is 1.63. The van der Waals surface area contributed by atoms with E-state index in [1.54, 1.807) is 18.2 Å². The van der Waals surface area contributed by atoms with Crippen LogP contribution in [0, 0.1) is 0 Å². The van der Waals surface area contributed by atoms with Crippen LogP contribution >= 0.6 is 0 Å². The Balaban J connectivity index is 1.70. The zero-order valence-corrected chi connectivity index (χ0v) is 14.4. The monoisotopic (exact) mass is 377 g/mol. The van der Waals surface area contributed by atoms with Crippen molar-refractivity contribution in [3.05, 3.63) is 65.7 Å². The van der Waals surface area contributed by atoms with E-state index in [1.807, 2.05) is 12.1 Å². The number of nitrogens with zero attached hydrogens (tertiary/aromatic N) is 1. The molecule has 0 unspecified atom stereocenters. The molecule has 0 amide bonds. The van der Waals surface area contributed by atoms with Gasteiger partial charge in [0.1, 0.15) is 5.75 Å². The van der Waals surface area contributed by atoms with Gasteiger partial charge >= 0.3 is 6.36 Å². The molecule has 1 saturated heterocycles. The highest BCUT2D eigenvalue weighted by Gasteiger charge is 2.31. The summed E-state index contributed by atoms with van der Waals surface area (Å²) in [6, 6.07) is 12.8. The van der Waals surface area contributed by atoms with Crippen LogP contribution in [0.2, 0.25) is 0 Å². The number of ether oxygens (including phenoxy) is 2. The molecule has 1 heterocycles. The third-order valence-corrected chi connectivity index (χ3v) is 4.09. The van der Waals surface area contributed by atoms with Gasteiger partial charge in [-0.05, 0) is 42.5 Å². The number of alkyl halides is 3. The number of para-hydroxylation sites is 1. The summed E-state index contributed by atoms with van der Waals surface area (Å²) in [5, 5.41) is 0. The Bertz CT molecular complexity index is 810. The Labute approximate surface area is 154 Å². The van der Waals surface area contributed by atoms with Crippen LogP contribution < -0.4 is 9.64 Å². The molecule has 2 aromatic carbocycles. The fourth-order valence-corrected chi connectivity index (χ4v) is 2.76. The predicted octanol–water partition coefficient (Wildman–Crippen LogP) is 4.32. The minimum atomic E-state index is -4.79. The number of hydrogen-bond acceptors (Lipinski definition) is 4. The van der Waals surface area contributed by atoms with Gasteiger partial charge in [-0.3, -0.25) is 4.79 Å². The van der Waals surface area contributed by atoms with E-state index in [9.17, 15) is 18.0 Å². The van der Waals surface area contributed by atoms with E-state index in [0.717, 1.165) is 18.8 Å². The molecule has 2 aromatic rings. The van der Waals surface area contributed by atoms with Crippen LogP contribution in [-0.4, -0.2) is 38.4 Å². The highest BCUT2D eigenvalue weighted by Crippen LogP contribution is 2.27. The van der Waals surface area contributed by atoms with Gasteiger partial charge in [0.2, 0.25) is 0 Å². The lowest BCUT2D eigenvalue weighted by Crippen LogP contribution is -2.36. The Morgan fingerprint density at radius 2 is 1.70 bits per heavy atom. The first kappa shape index (κ1) is 19.0. The van der Waals surface area contributed by atoms with Gasteiger partial charge in [0.15, 0.2) is 5.78 Å². The summed E-state index contributed by atoms with van der Waals surface area (Å²) >= 11 is 0. The van der Waals surface area contributed by atoms with Crippen LogP contribution in [0.15, 0.2) is 54.6 Å². The van der Waals surface area contributed by atoms with E-state index in [4.69, 9.17) is 4.74 Å². The summed E-state index contributed by atoms with van der Waals surface area (Å²) in [4.78, 5) is 14.5. The molecule has 0 aromatic heterocycles. The molecule has 0 N–H and O–H groups in total. The minimum Gasteiger partial charge on any atom is -0.405 e. The van der Waals surface area contributed by atoms with Crippen LogP contribution in [-0.2, 0) is 4.74 Å². The lowest BCUT2D eigenvalue weighted by atomic mass is 10.1. The number of carbonyl (C=O) groups excluding carboxylic acids is 1. The Hall–Kier alpha value is -2.80. The second-order valence-electron chi connectivity index (χ2n) is 5.93. The first-order valence-corrected chi connectivity index (χ1v) is 8.42. The van der Waals surface area contributed by atoms with E-state index in [0.29, 0.717) is 18.8 Å². The molecule has 0 atom stereocenters. The Morgan fingerprint density at radius 3 is 2.37 bits per heavy atom. The van der Waals surface area contributed by atoms with Gasteiger partial charge in [-0.1, -0.05) is 18.2 Å². The van der Waals surface area contributed by atoms with Gasteiger partial charge < -0.3 is 14.4 Å². The number of benzene rings is 2.